The van der Waals surface area contributed by atoms with Crippen LogP contribution in [0.2, 0.25) is 0 Å². The standard InChI is InChI=1S/C23H24N2O8S/c1-4-32-22(27)19-18(13-33-21(26)15-6-5-7-17(12-15)34(3,29)30)24-23(28)25-20(19)14-8-10-16(31-2)11-9-14/h5-12,20H,4,13H2,1-3H3,(H2,24,25,28). The number of amides is 2. The molecular weight excluding hydrogens is 464 g/mol. The zero-order valence-corrected chi connectivity index (χ0v) is 19.6. The van der Waals surface area contributed by atoms with Crippen LogP contribution in [0, 0.1) is 0 Å². The summed E-state index contributed by atoms with van der Waals surface area (Å²) in [6, 6.07) is 10.7. The molecule has 0 bridgehead atoms. The Morgan fingerprint density at radius 2 is 1.74 bits per heavy atom. The molecule has 1 unspecified atom stereocenters. The highest BCUT2D eigenvalue weighted by molar-refractivity contribution is 7.90. The predicted molar refractivity (Wildman–Crippen MR) is 121 cm³/mol. The first kappa shape index (κ1) is 24.8. The number of sulfone groups is 1. The lowest BCUT2D eigenvalue weighted by atomic mass is 9.95. The third-order valence-corrected chi connectivity index (χ3v) is 6.05. The lowest BCUT2D eigenvalue weighted by molar-refractivity contribution is -0.139. The van der Waals surface area contributed by atoms with Crippen molar-refractivity contribution in [2.45, 2.75) is 17.9 Å². The first-order valence-electron chi connectivity index (χ1n) is 10.2. The molecule has 2 N–H and O–H groups in total. The van der Waals surface area contributed by atoms with E-state index in [-0.39, 0.29) is 28.3 Å². The van der Waals surface area contributed by atoms with Gasteiger partial charge in [-0.3, -0.25) is 0 Å². The SMILES string of the molecule is CCOC(=O)C1=C(COC(=O)c2cccc(S(C)(=O)=O)c2)NC(=O)NC1c1ccc(OC)cc1. The van der Waals surface area contributed by atoms with Gasteiger partial charge in [-0.05, 0) is 42.8 Å². The molecule has 0 aliphatic carbocycles. The fourth-order valence-corrected chi connectivity index (χ4v) is 3.97. The Labute approximate surface area is 196 Å². The Kier molecular flexibility index (Phi) is 7.57. The fourth-order valence-electron chi connectivity index (χ4n) is 3.30. The van der Waals surface area contributed by atoms with E-state index in [0.717, 1.165) is 6.26 Å². The largest absolute Gasteiger partial charge is 0.497 e. The van der Waals surface area contributed by atoms with Gasteiger partial charge in [-0.1, -0.05) is 18.2 Å². The number of hydrogen-bond acceptors (Lipinski definition) is 8. The monoisotopic (exact) mass is 488 g/mol. The molecule has 10 nitrogen and oxygen atoms in total. The summed E-state index contributed by atoms with van der Waals surface area (Å²) >= 11 is 0. The van der Waals surface area contributed by atoms with Gasteiger partial charge < -0.3 is 24.8 Å². The Morgan fingerprint density at radius 3 is 2.35 bits per heavy atom. The van der Waals surface area contributed by atoms with Crippen LogP contribution in [0.25, 0.3) is 0 Å². The van der Waals surface area contributed by atoms with Gasteiger partial charge in [0, 0.05) is 6.26 Å². The van der Waals surface area contributed by atoms with Crippen LogP contribution in [0.5, 0.6) is 5.75 Å². The van der Waals surface area contributed by atoms with Crippen molar-refractivity contribution in [3.8, 4) is 5.75 Å². The average molecular weight is 489 g/mol. The summed E-state index contributed by atoms with van der Waals surface area (Å²) < 4.78 is 39.2. The van der Waals surface area contributed by atoms with Gasteiger partial charge >= 0.3 is 18.0 Å². The minimum atomic E-state index is -3.52. The average Bonchev–Trinajstić information content (AvgIpc) is 2.81. The second-order valence-corrected chi connectivity index (χ2v) is 9.31. The Hall–Kier alpha value is -3.86. The van der Waals surface area contributed by atoms with Crippen LogP contribution in [0.3, 0.4) is 0 Å². The summed E-state index contributed by atoms with van der Waals surface area (Å²) in [6.45, 7) is 1.29. The van der Waals surface area contributed by atoms with Crippen molar-refractivity contribution in [1.82, 2.24) is 10.6 Å². The van der Waals surface area contributed by atoms with E-state index in [1.165, 1.54) is 31.4 Å². The van der Waals surface area contributed by atoms with Gasteiger partial charge in [0.15, 0.2) is 9.84 Å². The molecule has 0 aromatic heterocycles. The molecule has 11 heteroatoms. The van der Waals surface area contributed by atoms with Crippen molar-refractivity contribution in [3.05, 3.63) is 70.9 Å². The zero-order valence-electron chi connectivity index (χ0n) is 18.8. The van der Waals surface area contributed by atoms with Crippen LogP contribution in [-0.2, 0) is 24.1 Å². The molecule has 3 rings (SSSR count). The van der Waals surface area contributed by atoms with Crippen LogP contribution in [-0.4, -0.2) is 53.0 Å². The summed E-state index contributed by atoms with van der Waals surface area (Å²) in [6.07, 6.45) is 1.03. The number of esters is 2. The van der Waals surface area contributed by atoms with E-state index in [1.54, 1.807) is 31.2 Å². The summed E-state index contributed by atoms with van der Waals surface area (Å²) in [5, 5.41) is 5.18. The molecule has 0 radical (unpaired) electrons. The number of nitrogens with one attached hydrogen (secondary N) is 2. The molecule has 0 saturated heterocycles. The molecule has 1 aliphatic rings. The van der Waals surface area contributed by atoms with Crippen LogP contribution in [0.1, 0.15) is 28.9 Å². The molecule has 1 aliphatic heterocycles. The van der Waals surface area contributed by atoms with E-state index >= 15 is 0 Å². The van der Waals surface area contributed by atoms with Crippen molar-refractivity contribution in [2.75, 3.05) is 26.6 Å². The first-order chi connectivity index (χ1) is 16.1. The molecule has 0 fully saturated rings. The maximum absolute atomic E-state index is 12.8. The number of carbonyl (C=O) groups excluding carboxylic acids is 3. The van der Waals surface area contributed by atoms with Crippen LogP contribution in [0.15, 0.2) is 64.7 Å². The number of rotatable bonds is 8. The minimum absolute atomic E-state index is 0.00757. The van der Waals surface area contributed by atoms with E-state index in [9.17, 15) is 22.8 Å². The van der Waals surface area contributed by atoms with Crippen molar-refractivity contribution in [1.29, 1.82) is 0 Å². The second kappa shape index (κ2) is 10.4. The highest BCUT2D eigenvalue weighted by atomic mass is 32.2. The molecule has 2 aromatic carbocycles. The quantitative estimate of drug-likeness (QED) is 0.539. The summed E-state index contributed by atoms with van der Waals surface area (Å²) in [4.78, 5) is 37.7. The van der Waals surface area contributed by atoms with E-state index in [0.29, 0.717) is 11.3 Å². The smallest absolute Gasteiger partial charge is 0.338 e. The van der Waals surface area contributed by atoms with Gasteiger partial charge in [-0.2, -0.15) is 0 Å². The minimum Gasteiger partial charge on any atom is -0.497 e. The normalized spacial score (nSPS) is 15.7. The van der Waals surface area contributed by atoms with E-state index < -0.39 is 40.5 Å². The lowest BCUT2D eigenvalue weighted by Crippen LogP contribution is -2.47. The van der Waals surface area contributed by atoms with Gasteiger partial charge in [-0.25, -0.2) is 22.8 Å². The Balaban J connectivity index is 1.92. The number of ether oxygens (including phenoxy) is 3. The Morgan fingerprint density at radius 1 is 1.03 bits per heavy atom. The highest BCUT2D eigenvalue weighted by Gasteiger charge is 2.34. The summed E-state index contributed by atoms with van der Waals surface area (Å²) in [7, 11) is -2.01. The van der Waals surface area contributed by atoms with Crippen molar-refractivity contribution < 1.29 is 37.0 Å². The molecule has 0 saturated carbocycles. The maximum atomic E-state index is 12.8. The lowest BCUT2D eigenvalue weighted by Gasteiger charge is -2.29. The topological polar surface area (TPSA) is 137 Å². The van der Waals surface area contributed by atoms with Crippen molar-refractivity contribution in [3.63, 3.8) is 0 Å². The zero-order chi connectivity index (χ0) is 24.9. The number of methoxy groups -OCH3 is 1. The molecule has 2 amide bonds. The highest BCUT2D eigenvalue weighted by Crippen LogP contribution is 2.29. The van der Waals surface area contributed by atoms with E-state index in [2.05, 4.69) is 10.6 Å². The van der Waals surface area contributed by atoms with Gasteiger partial charge in [0.1, 0.15) is 12.4 Å². The van der Waals surface area contributed by atoms with Crippen molar-refractivity contribution >= 4 is 27.8 Å². The summed E-state index contributed by atoms with van der Waals surface area (Å²) in [5.74, 6) is -0.924. The van der Waals surface area contributed by atoms with E-state index in [4.69, 9.17) is 14.2 Å². The Bertz CT molecular complexity index is 1240. The summed E-state index contributed by atoms with van der Waals surface area (Å²) in [5.41, 5.74) is 0.719. The third kappa shape index (κ3) is 5.73. The third-order valence-electron chi connectivity index (χ3n) is 4.94. The van der Waals surface area contributed by atoms with Crippen LogP contribution >= 0.6 is 0 Å². The number of carbonyl (C=O) groups is 3. The van der Waals surface area contributed by atoms with Gasteiger partial charge in [0.05, 0.1) is 41.5 Å². The molecule has 1 heterocycles. The van der Waals surface area contributed by atoms with Gasteiger partial charge in [0.2, 0.25) is 0 Å². The first-order valence-corrected chi connectivity index (χ1v) is 12.1. The molecular formula is C23H24N2O8S. The van der Waals surface area contributed by atoms with Crippen LogP contribution in [0.4, 0.5) is 4.79 Å². The molecule has 34 heavy (non-hydrogen) atoms. The fraction of sp³-hybridized carbons (Fsp3) is 0.261. The second-order valence-electron chi connectivity index (χ2n) is 7.29. The van der Waals surface area contributed by atoms with Crippen molar-refractivity contribution in [2.24, 2.45) is 0 Å². The molecule has 180 valence electrons. The number of benzene rings is 2. The molecule has 2 aromatic rings. The van der Waals surface area contributed by atoms with Crippen LogP contribution < -0.4 is 15.4 Å². The predicted octanol–water partition coefficient (Wildman–Crippen LogP) is 2.13. The number of urea groups is 1. The number of hydrogen-bond donors (Lipinski definition) is 2. The molecule has 0 spiro atoms. The maximum Gasteiger partial charge on any atom is 0.338 e. The van der Waals surface area contributed by atoms with Gasteiger partial charge in [-0.15, -0.1) is 0 Å². The van der Waals surface area contributed by atoms with Gasteiger partial charge in [0.25, 0.3) is 0 Å². The molecule has 1 atom stereocenters. The van der Waals surface area contributed by atoms with E-state index in [1.807, 2.05) is 0 Å².